The van der Waals surface area contributed by atoms with Gasteiger partial charge in [0.1, 0.15) is 5.82 Å². The van der Waals surface area contributed by atoms with Crippen LogP contribution in [0, 0.1) is 5.92 Å². The quantitative estimate of drug-likeness (QED) is 0.702. The maximum atomic E-state index is 4.72. The second-order valence-electron chi connectivity index (χ2n) is 5.81. The van der Waals surface area contributed by atoms with Gasteiger partial charge < -0.3 is 4.57 Å². The van der Waals surface area contributed by atoms with Gasteiger partial charge in [-0.2, -0.15) is 4.68 Å². The van der Waals surface area contributed by atoms with Gasteiger partial charge in [0.05, 0.1) is 0 Å². The lowest BCUT2D eigenvalue weighted by Crippen LogP contribution is -2.08. The highest BCUT2D eigenvalue weighted by molar-refractivity contribution is 5.22. The Morgan fingerprint density at radius 2 is 1.91 bits per heavy atom. The summed E-state index contributed by atoms with van der Waals surface area (Å²) in [4.78, 5) is 9.13. The third-order valence-corrected chi connectivity index (χ3v) is 3.43. The van der Waals surface area contributed by atoms with E-state index in [-0.39, 0.29) is 0 Å². The van der Waals surface area contributed by atoms with Crippen molar-refractivity contribution in [3.05, 3.63) is 60.6 Å². The van der Waals surface area contributed by atoms with Crippen LogP contribution in [0.1, 0.15) is 25.5 Å². The fraction of sp³-hybridized carbons (Fsp3) is 0.353. The zero-order valence-electron chi connectivity index (χ0n) is 13.1. The van der Waals surface area contributed by atoms with Gasteiger partial charge in [0, 0.05) is 38.0 Å². The van der Waals surface area contributed by atoms with E-state index in [9.17, 15) is 0 Å². The largest absolute Gasteiger partial charge is 0.354 e. The molecule has 5 nitrogen and oxygen atoms in total. The molecule has 0 N–H and O–H groups in total. The number of hydrogen-bond acceptors (Lipinski definition) is 3. The second-order valence-corrected chi connectivity index (χ2v) is 5.81. The lowest BCUT2D eigenvalue weighted by Gasteiger charge is -2.05. The summed E-state index contributed by atoms with van der Waals surface area (Å²) >= 11 is 0. The molecule has 3 heterocycles. The smallest absolute Gasteiger partial charge is 0.155 e. The van der Waals surface area contributed by atoms with E-state index in [0.717, 1.165) is 36.9 Å². The number of nitrogens with zero attached hydrogens (tertiary/aromatic N) is 5. The molecule has 0 unspecified atom stereocenters. The molecule has 0 aliphatic carbocycles. The molecule has 0 fully saturated rings. The average Bonchev–Trinajstić information content (AvgIpc) is 3.15. The van der Waals surface area contributed by atoms with Crippen LogP contribution in [-0.2, 0) is 19.4 Å². The Morgan fingerprint density at radius 1 is 1.09 bits per heavy atom. The van der Waals surface area contributed by atoms with Crippen molar-refractivity contribution in [1.29, 1.82) is 0 Å². The maximum absolute atomic E-state index is 4.72. The Labute approximate surface area is 130 Å². The van der Waals surface area contributed by atoms with Crippen LogP contribution in [0.3, 0.4) is 0 Å². The van der Waals surface area contributed by atoms with Crippen molar-refractivity contribution in [2.45, 2.75) is 33.2 Å². The van der Waals surface area contributed by atoms with Crippen LogP contribution in [0.25, 0.3) is 5.82 Å². The first-order chi connectivity index (χ1) is 10.7. The van der Waals surface area contributed by atoms with Crippen LogP contribution >= 0.6 is 0 Å². The highest BCUT2D eigenvalue weighted by Gasteiger charge is 2.13. The van der Waals surface area contributed by atoms with Gasteiger partial charge in [0.25, 0.3) is 0 Å². The number of aromatic nitrogens is 5. The van der Waals surface area contributed by atoms with Gasteiger partial charge >= 0.3 is 0 Å². The van der Waals surface area contributed by atoms with Crippen LogP contribution < -0.4 is 0 Å². The van der Waals surface area contributed by atoms with Crippen molar-refractivity contribution in [3.8, 4) is 5.82 Å². The Morgan fingerprint density at radius 3 is 2.59 bits per heavy atom. The van der Waals surface area contributed by atoms with Crippen molar-refractivity contribution in [1.82, 2.24) is 24.3 Å². The minimum absolute atomic E-state index is 0.539. The standard InChI is InChI=1S/C17H21N5/c1-14(2)13-15-19-17(8-12-21-10-5-6-11-21)22(20-15)16-7-3-4-9-18-16/h3-7,9-11,14H,8,12-13H2,1-2H3. The number of hydrogen-bond donors (Lipinski definition) is 0. The van der Waals surface area contributed by atoms with Crippen LogP contribution in [0.15, 0.2) is 48.9 Å². The average molecular weight is 295 g/mol. The molecule has 0 saturated heterocycles. The van der Waals surface area contributed by atoms with Gasteiger partial charge in [-0.1, -0.05) is 19.9 Å². The van der Waals surface area contributed by atoms with E-state index in [1.165, 1.54) is 0 Å². The van der Waals surface area contributed by atoms with Gasteiger partial charge in [0.15, 0.2) is 11.6 Å². The molecule has 0 radical (unpaired) electrons. The molecular formula is C17H21N5. The molecule has 3 aromatic heterocycles. The van der Waals surface area contributed by atoms with Crippen LogP contribution in [0.5, 0.6) is 0 Å². The minimum atomic E-state index is 0.539. The summed E-state index contributed by atoms with van der Waals surface area (Å²) in [5.74, 6) is 3.22. The number of aryl methyl sites for hydroxylation is 2. The van der Waals surface area contributed by atoms with Crippen LogP contribution in [0.2, 0.25) is 0 Å². The summed E-state index contributed by atoms with van der Waals surface area (Å²) in [6.45, 7) is 5.25. The normalized spacial score (nSPS) is 11.2. The highest BCUT2D eigenvalue weighted by Crippen LogP contribution is 2.11. The first-order valence-corrected chi connectivity index (χ1v) is 7.69. The molecular weight excluding hydrogens is 274 g/mol. The summed E-state index contributed by atoms with van der Waals surface area (Å²) in [5.41, 5.74) is 0. The van der Waals surface area contributed by atoms with Crippen molar-refractivity contribution < 1.29 is 0 Å². The minimum Gasteiger partial charge on any atom is -0.354 e. The van der Waals surface area contributed by atoms with Crippen molar-refractivity contribution >= 4 is 0 Å². The lowest BCUT2D eigenvalue weighted by atomic mass is 10.1. The molecule has 0 aromatic carbocycles. The molecule has 0 spiro atoms. The fourth-order valence-corrected chi connectivity index (χ4v) is 2.42. The van der Waals surface area contributed by atoms with Gasteiger partial charge in [-0.25, -0.2) is 9.97 Å². The molecule has 0 saturated carbocycles. The van der Waals surface area contributed by atoms with Gasteiger partial charge in [-0.15, -0.1) is 5.10 Å². The van der Waals surface area contributed by atoms with E-state index in [1.54, 1.807) is 6.20 Å². The first-order valence-electron chi connectivity index (χ1n) is 7.69. The monoisotopic (exact) mass is 295 g/mol. The maximum Gasteiger partial charge on any atom is 0.155 e. The predicted molar refractivity (Wildman–Crippen MR) is 85.8 cm³/mol. The summed E-state index contributed by atoms with van der Waals surface area (Å²) in [6, 6.07) is 9.92. The lowest BCUT2D eigenvalue weighted by molar-refractivity contribution is 0.617. The highest BCUT2D eigenvalue weighted by atomic mass is 15.4. The van der Waals surface area contributed by atoms with Gasteiger partial charge in [0.2, 0.25) is 0 Å². The van der Waals surface area contributed by atoms with Crippen LogP contribution in [-0.4, -0.2) is 24.3 Å². The van der Waals surface area contributed by atoms with Crippen molar-refractivity contribution in [2.75, 3.05) is 0 Å². The Balaban J connectivity index is 1.87. The van der Waals surface area contributed by atoms with Gasteiger partial charge in [-0.3, -0.25) is 0 Å². The Hall–Kier alpha value is -2.43. The predicted octanol–water partition coefficient (Wildman–Crippen LogP) is 2.91. The van der Waals surface area contributed by atoms with E-state index in [0.29, 0.717) is 5.92 Å². The molecule has 114 valence electrons. The molecule has 0 bridgehead atoms. The number of rotatable bonds is 6. The summed E-state index contributed by atoms with van der Waals surface area (Å²) in [5, 5.41) is 4.65. The number of pyridine rings is 1. The fourth-order valence-electron chi connectivity index (χ4n) is 2.42. The molecule has 0 amide bonds. The molecule has 3 aromatic rings. The zero-order valence-corrected chi connectivity index (χ0v) is 13.1. The van der Waals surface area contributed by atoms with E-state index in [2.05, 4.69) is 40.9 Å². The van der Waals surface area contributed by atoms with Gasteiger partial charge in [-0.05, 0) is 30.2 Å². The van der Waals surface area contributed by atoms with Crippen molar-refractivity contribution in [2.24, 2.45) is 5.92 Å². The molecule has 0 aliphatic rings. The summed E-state index contributed by atoms with van der Waals surface area (Å²) < 4.78 is 4.03. The van der Waals surface area contributed by atoms with E-state index in [4.69, 9.17) is 4.98 Å². The molecule has 3 rings (SSSR count). The molecule has 22 heavy (non-hydrogen) atoms. The van der Waals surface area contributed by atoms with Crippen molar-refractivity contribution in [3.63, 3.8) is 0 Å². The molecule has 5 heteroatoms. The van der Waals surface area contributed by atoms with E-state index in [1.807, 2.05) is 35.0 Å². The molecule has 0 aliphatic heterocycles. The third kappa shape index (κ3) is 3.42. The first kappa shape index (κ1) is 14.5. The Bertz CT molecular complexity index is 698. The SMILES string of the molecule is CC(C)Cc1nc(CCn2cccc2)n(-c2ccccn2)n1. The summed E-state index contributed by atoms with van der Waals surface area (Å²) in [6.07, 6.45) is 7.63. The zero-order chi connectivity index (χ0) is 15.4. The molecule has 0 atom stereocenters. The van der Waals surface area contributed by atoms with E-state index >= 15 is 0 Å². The van der Waals surface area contributed by atoms with E-state index < -0.39 is 0 Å². The second kappa shape index (κ2) is 6.56. The topological polar surface area (TPSA) is 48.5 Å². The Kier molecular flexibility index (Phi) is 4.32. The third-order valence-electron chi connectivity index (χ3n) is 3.43. The summed E-state index contributed by atoms with van der Waals surface area (Å²) in [7, 11) is 0. The van der Waals surface area contributed by atoms with Crippen LogP contribution in [0.4, 0.5) is 0 Å².